The standard InChI is InChI=1S/C25H34N2O3/c1-7-12-26-25(29)21(6)27(15-22-10-8-17(2)9-11-22)24(28)16-30-23-14-18(3)13-19(4)20(23)5/h8-11,13-14,21H,7,12,15-16H2,1-6H3,(H,26,29)/t21-/m1/s1. The van der Waals surface area contributed by atoms with E-state index in [1.54, 1.807) is 11.8 Å². The lowest BCUT2D eigenvalue weighted by Gasteiger charge is -2.29. The number of nitrogens with one attached hydrogen (secondary N) is 1. The van der Waals surface area contributed by atoms with E-state index < -0.39 is 6.04 Å². The van der Waals surface area contributed by atoms with Gasteiger partial charge in [0.05, 0.1) is 0 Å². The molecular formula is C25H34N2O3. The maximum absolute atomic E-state index is 13.1. The third kappa shape index (κ3) is 6.34. The van der Waals surface area contributed by atoms with Crippen molar-refractivity contribution in [3.8, 4) is 5.75 Å². The van der Waals surface area contributed by atoms with Gasteiger partial charge in [0.2, 0.25) is 5.91 Å². The molecule has 0 radical (unpaired) electrons. The van der Waals surface area contributed by atoms with Crippen LogP contribution in [0.5, 0.6) is 5.75 Å². The van der Waals surface area contributed by atoms with Gasteiger partial charge >= 0.3 is 0 Å². The molecule has 5 heteroatoms. The third-order valence-electron chi connectivity index (χ3n) is 5.31. The summed E-state index contributed by atoms with van der Waals surface area (Å²) >= 11 is 0. The van der Waals surface area contributed by atoms with Crippen LogP contribution in [-0.2, 0) is 16.1 Å². The Hall–Kier alpha value is -2.82. The molecule has 0 saturated carbocycles. The smallest absolute Gasteiger partial charge is 0.261 e. The van der Waals surface area contributed by atoms with Gasteiger partial charge in [-0.2, -0.15) is 0 Å². The summed E-state index contributed by atoms with van der Waals surface area (Å²) in [6, 6.07) is 11.4. The van der Waals surface area contributed by atoms with Gasteiger partial charge in [-0.3, -0.25) is 9.59 Å². The highest BCUT2D eigenvalue weighted by atomic mass is 16.5. The van der Waals surface area contributed by atoms with Gasteiger partial charge < -0.3 is 15.0 Å². The topological polar surface area (TPSA) is 58.6 Å². The summed E-state index contributed by atoms with van der Waals surface area (Å²) in [6.07, 6.45) is 0.847. The molecule has 1 N–H and O–H groups in total. The van der Waals surface area contributed by atoms with Crippen LogP contribution in [0.1, 0.15) is 48.1 Å². The maximum atomic E-state index is 13.1. The molecule has 0 spiro atoms. The zero-order valence-electron chi connectivity index (χ0n) is 19.0. The zero-order chi connectivity index (χ0) is 22.3. The fourth-order valence-corrected chi connectivity index (χ4v) is 3.24. The summed E-state index contributed by atoms with van der Waals surface area (Å²) < 4.78 is 5.89. The van der Waals surface area contributed by atoms with Crippen LogP contribution in [0.3, 0.4) is 0 Å². The van der Waals surface area contributed by atoms with Crippen molar-refractivity contribution in [3.63, 3.8) is 0 Å². The van der Waals surface area contributed by atoms with Crippen molar-refractivity contribution < 1.29 is 14.3 Å². The lowest BCUT2D eigenvalue weighted by molar-refractivity contribution is -0.142. The SMILES string of the molecule is CCCNC(=O)[C@@H](C)N(Cc1ccc(C)cc1)C(=O)COc1cc(C)cc(C)c1C. The minimum atomic E-state index is -0.589. The molecule has 30 heavy (non-hydrogen) atoms. The number of carbonyl (C=O) groups excluding carboxylic acids is 2. The van der Waals surface area contributed by atoms with E-state index in [1.807, 2.05) is 65.0 Å². The van der Waals surface area contributed by atoms with Gasteiger partial charge in [-0.15, -0.1) is 0 Å². The summed E-state index contributed by atoms with van der Waals surface area (Å²) in [7, 11) is 0. The number of benzene rings is 2. The summed E-state index contributed by atoms with van der Waals surface area (Å²) in [4.78, 5) is 27.3. The van der Waals surface area contributed by atoms with Crippen LogP contribution in [0.4, 0.5) is 0 Å². The van der Waals surface area contributed by atoms with Crippen molar-refractivity contribution in [2.45, 2.75) is 60.5 Å². The summed E-state index contributed by atoms with van der Waals surface area (Å²) in [5.41, 5.74) is 5.36. The Bertz CT molecular complexity index is 875. The van der Waals surface area contributed by atoms with Gasteiger partial charge in [0, 0.05) is 13.1 Å². The van der Waals surface area contributed by atoms with Crippen LogP contribution in [0.2, 0.25) is 0 Å². The second-order valence-electron chi connectivity index (χ2n) is 7.97. The van der Waals surface area contributed by atoms with E-state index >= 15 is 0 Å². The summed E-state index contributed by atoms with van der Waals surface area (Å²) in [6.45, 7) is 12.6. The lowest BCUT2D eigenvalue weighted by Crippen LogP contribution is -2.49. The predicted octanol–water partition coefficient (Wildman–Crippen LogP) is 4.24. The number of aryl methyl sites for hydroxylation is 3. The average Bonchev–Trinajstić information content (AvgIpc) is 2.72. The molecule has 0 saturated heterocycles. The zero-order valence-corrected chi connectivity index (χ0v) is 19.0. The molecule has 0 aliphatic heterocycles. The number of amides is 2. The molecule has 2 rings (SSSR count). The second-order valence-corrected chi connectivity index (χ2v) is 7.97. The van der Waals surface area contributed by atoms with Crippen molar-refractivity contribution in [1.29, 1.82) is 0 Å². The first kappa shape index (κ1) is 23.5. The van der Waals surface area contributed by atoms with Gasteiger partial charge in [-0.25, -0.2) is 0 Å². The highest BCUT2D eigenvalue weighted by Crippen LogP contribution is 2.23. The Labute approximate surface area is 180 Å². The van der Waals surface area contributed by atoms with E-state index in [0.717, 1.165) is 34.2 Å². The van der Waals surface area contributed by atoms with Crippen LogP contribution < -0.4 is 10.1 Å². The minimum Gasteiger partial charge on any atom is -0.483 e. The molecule has 2 amide bonds. The highest BCUT2D eigenvalue weighted by molar-refractivity contribution is 5.88. The number of nitrogens with zero attached hydrogens (tertiary/aromatic N) is 1. The monoisotopic (exact) mass is 410 g/mol. The Balaban J connectivity index is 2.18. The van der Waals surface area contributed by atoms with Gasteiger partial charge in [0.15, 0.2) is 6.61 Å². The summed E-state index contributed by atoms with van der Waals surface area (Å²) in [5, 5.41) is 2.89. The first-order valence-electron chi connectivity index (χ1n) is 10.6. The molecular weight excluding hydrogens is 376 g/mol. The number of ether oxygens (including phenoxy) is 1. The van der Waals surface area contributed by atoms with Gasteiger partial charge in [0.25, 0.3) is 5.91 Å². The molecule has 2 aromatic carbocycles. The van der Waals surface area contributed by atoms with Crippen molar-refractivity contribution in [2.75, 3.05) is 13.2 Å². The number of hydrogen-bond acceptors (Lipinski definition) is 3. The predicted molar refractivity (Wildman–Crippen MR) is 121 cm³/mol. The summed E-state index contributed by atoms with van der Waals surface area (Å²) in [5.74, 6) is 0.340. The van der Waals surface area contributed by atoms with E-state index in [-0.39, 0.29) is 18.4 Å². The van der Waals surface area contributed by atoms with Crippen molar-refractivity contribution in [1.82, 2.24) is 10.2 Å². The van der Waals surface area contributed by atoms with Crippen LogP contribution >= 0.6 is 0 Å². The van der Waals surface area contributed by atoms with Crippen LogP contribution in [-0.4, -0.2) is 35.9 Å². The molecule has 0 aliphatic rings. The van der Waals surface area contributed by atoms with Crippen molar-refractivity contribution >= 4 is 11.8 Å². The maximum Gasteiger partial charge on any atom is 0.261 e. The van der Waals surface area contributed by atoms with E-state index in [9.17, 15) is 9.59 Å². The number of hydrogen-bond donors (Lipinski definition) is 1. The van der Waals surface area contributed by atoms with Crippen LogP contribution in [0.25, 0.3) is 0 Å². The highest BCUT2D eigenvalue weighted by Gasteiger charge is 2.26. The second kappa shape index (κ2) is 10.8. The Morgan fingerprint density at radius 2 is 1.70 bits per heavy atom. The molecule has 1 atom stereocenters. The largest absolute Gasteiger partial charge is 0.483 e. The first-order valence-corrected chi connectivity index (χ1v) is 10.6. The molecule has 2 aromatic rings. The quantitative estimate of drug-likeness (QED) is 0.673. The molecule has 0 unspecified atom stereocenters. The molecule has 0 aromatic heterocycles. The molecule has 0 bridgehead atoms. The van der Waals surface area contributed by atoms with Gasteiger partial charge in [0.1, 0.15) is 11.8 Å². The number of carbonyl (C=O) groups is 2. The third-order valence-corrected chi connectivity index (χ3v) is 5.31. The molecule has 0 fully saturated rings. The fourth-order valence-electron chi connectivity index (χ4n) is 3.24. The van der Waals surface area contributed by atoms with E-state index in [0.29, 0.717) is 18.8 Å². The Morgan fingerprint density at radius 1 is 1.03 bits per heavy atom. The minimum absolute atomic E-state index is 0.110. The van der Waals surface area contributed by atoms with Crippen LogP contribution in [0.15, 0.2) is 36.4 Å². The molecule has 0 aliphatic carbocycles. The average molecular weight is 411 g/mol. The molecule has 162 valence electrons. The number of rotatable bonds is 9. The van der Waals surface area contributed by atoms with E-state index in [2.05, 4.69) is 11.4 Å². The van der Waals surface area contributed by atoms with Crippen molar-refractivity contribution in [2.24, 2.45) is 0 Å². The van der Waals surface area contributed by atoms with Crippen molar-refractivity contribution in [3.05, 3.63) is 64.2 Å². The van der Waals surface area contributed by atoms with E-state index in [4.69, 9.17) is 4.74 Å². The van der Waals surface area contributed by atoms with Crippen LogP contribution in [0, 0.1) is 27.7 Å². The van der Waals surface area contributed by atoms with E-state index in [1.165, 1.54) is 0 Å². The van der Waals surface area contributed by atoms with Gasteiger partial charge in [-0.1, -0.05) is 42.8 Å². The Morgan fingerprint density at radius 3 is 2.33 bits per heavy atom. The molecule has 5 nitrogen and oxygen atoms in total. The first-order chi connectivity index (χ1) is 14.2. The molecule has 0 heterocycles. The Kier molecular flexibility index (Phi) is 8.46. The van der Waals surface area contributed by atoms with Gasteiger partial charge in [-0.05, 0) is 69.4 Å². The normalized spacial score (nSPS) is 11.7. The fraction of sp³-hybridized carbons (Fsp3) is 0.440. The lowest BCUT2D eigenvalue weighted by atomic mass is 10.1.